The highest BCUT2D eigenvalue weighted by Crippen LogP contribution is 2.36. The average molecular weight is 268 g/mol. The number of nitrogens with one attached hydrogen (secondary N) is 1. The molecule has 3 nitrogen and oxygen atoms in total. The van der Waals surface area contributed by atoms with E-state index in [0.717, 1.165) is 18.8 Å². The van der Waals surface area contributed by atoms with Crippen LogP contribution < -0.4 is 15.0 Å². The number of fused-ring (bicyclic) bond motifs is 1. The molecule has 1 aliphatic heterocycles. The van der Waals surface area contributed by atoms with Gasteiger partial charge in [-0.3, -0.25) is 0 Å². The van der Waals surface area contributed by atoms with Crippen LogP contribution in [0.15, 0.2) is 42.5 Å². The molecule has 1 heterocycles. The molecule has 0 fully saturated rings. The van der Waals surface area contributed by atoms with Gasteiger partial charge in [0.25, 0.3) is 0 Å². The number of anilines is 2. The molecule has 0 saturated heterocycles. The Bertz CT molecular complexity index is 610. The SMILES string of the molecule is CCOc1ccccc1N1Cc2cccc(NC)c2C1. The van der Waals surface area contributed by atoms with Crippen molar-refractivity contribution in [2.75, 3.05) is 23.9 Å². The molecule has 0 radical (unpaired) electrons. The van der Waals surface area contributed by atoms with Crippen molar-refractivity contribution in [1.82, 2.24) is 0 Å². The molecule has 1 N–H and O–H groups in total. The molecule has 3 rings (SSSR count). The molecule has 2 aromatic rings. The third kappa shape index (κ3) is 2.20. The van der Waals surface area contributed by atoms with Gasteiger partial charge in [0.1, 0.15) is 5.75 Å². The zero-order valence-electron chi connectivity index (χ0n) is 12.0. The van der Waals surface area contributed by atoms with Crippen molar-refractivity contribution in [3.63, 3.8) is 0 Å². The van der Waals surface area contributed by atoms with Gasteiger partial charge in [0.2, 0.25) is 0 Å². The fourth-order valence-electron chi connectivity index (χ4n) is 2.82. The van der Waals surface area contributed by atoms with E-state index in [4.69, 9.17) is 4.74 Å². The summed E-state index contributed by atoms with van der Waals surface area (Å²) in [5.74, 6) is 0.966. The van der Waals surface area contributed by atoms with Gasteiger partial charge in [-0.1, -0.05) is 24.3 Å². The molecule has 0 aromatic heterocycles. The first-order valence-corrected chi connectivity index (χ1v) is 7.08. The number of rotatable bonds is 4. The highest BCUT2D eigenvalue weighted by atomic mass is 16.5. The minimum Gasteiger partial charge on any atom is -0.492 e. The maximum absolute atomic E-state index is 5.75. The van der Waals surface area contributed by atoms with Crippen molar-refractivity contribution in [3.8, 4) is 5.75 Å². The van der Waals surface area contributed by atoms with Gasteiger partial charge in [0.05, 0.1) is 12.3 Å². The van der Waals surface area contributed by atoms with Gasteiger partial charge >= 0.3 is 0 Å². The molecule has 0 saturated carbocycles. The van der Waals surface area contributed by atoms with Crippen molar-refractivity contribution in [1.29, 1.82) is 0 Å². The number of hydrogen-bond acceptors (Lipinski definition) is 3. The van der Waals surface area contributed by atoms with E-state index in [1.165, 1.54) is 22.5 Å². The summed E-state index contributed by atoms with van der Waals surface area (Å²) in [6.07, 6.45) is 0. The Kier molecular flexibility index (Phi) is 3.50. The second-order valence-corrected chi connectivity index (χ2v) is 4.95. The van der Waals surface area contributed by atoms with Gasteiger partial charge in [0.15, 0.2) is 0 Å². The highest BCUT2D eigenvalue weighted by Gasteiger charge is 2.23. The minimum atomic E-state index is 0.694. The fraction of sp³-hybridized carbons (Fsp3) is 0.294. The van der Waals surface area contributed by atoms with Crippen LogP contribution in [-0.2, 0) is 13.1 Å². The van der Waals surface area contributed by atoms with E-state index < -0.39 is 0 Å². The van der Waals surface area contributed by atoms with Crippen molar-refractivity contribution in [2.45, 2.75) is 20.0 Å². The first-order valence-electron chi connectivity index (χ1n) is 7.08. The van der Waals surface area contributed by atoms with Crippen molar-refractivity contribution < 1.29 is 4.74 Å². The summed E-state index contributed by atoms with van der Waals surface area (Å²) >= 11 is 0. The summed E-state index contributed by atoms with van der Waals surface area (Å²) in [4.78, 5) is 2.37. The minimum absolute atomic E-state index is 0.694. The number of ether oxygens (including phenoxy) is 1. The molecule has 0 atom stereocenters. The van der Waals surface area contributed by atoms with Crippen LogP contribution in [0.5, 0.6) is 5.75 Å². The van der Waals surface area contributed by atoms with Crippen molar-refractivity contribution in [3.05, 3.63) is 53.6 Å². The standard InChI is InChI=1S/C17H20N2O/c1-3-20-17-10-5-4-9-16(17)19-11-13-7-6-8-15(18-2)14(13)12-19/h4-10,18H,3,11-12H2,1-2H3. The average Bonchev–Trinajstić information content (AvgIpc) is 2.92. The summed E-state index contributed by atoms with van der Waals surface area (Å²) in [7, 11) is 1.98. The van der Waals surface area contributed by atoms with Crippen LogP contribution in [0, 0.1) is 0 Å². The Morgan fingerprint density at radius 2 is 1.95 bits per heavy atom. The van der Waals surface area contributed by atoms with E-state index in [9.17, 15) is 0 Å². The Balaban J connectivity index is 1.92. The van der Waals surface area contributed by atoms with Crippen LogP contribution in [-0.4, -0.2) is 13.7 Å². The van der Waals surface area contributed by atoms with Gasteiger partial charge in [-0.2, -0.15) is 0 Å². The quantitative estimate of drug-likeness (QED) is 0.916. The summed E-state index contributed by atoms with van der Waals surface area (Å²) in [5, 5.41) is 3.28. The summed E-state index contributed by atoms with van der Waals surface area (Å²) in [6, 6.07) is 14.7. The Morgan fingerprint density at radius 3 is 2.75 bits per heavy atom. The van der Waals surface area contributed by atoms with Crippen molar-refractivity contribution in [2.24, 2.45) is 0 Å². The molecule has 104 valence electrons. The summed E-state index contributed by atoms with van der Waals surface area (Å²) < 4.78 is 5.75. The zero-order valence-corrected chi connectivity index (χ0v) is 12.0. The van der Waals surface area contributed by atoms with E-state index in [1.807, 2.05) is 26.1 Å². The van der Waals surface area contributed by atoms with Crippen LogP contribution in [0.25, 0.3) is 0 Å². The Morgan fingerprint density at radius 1 is 1.10 bits per heavy atom. The first-order chi connectivity index (χ1) is 9.83. The number of hydrogen-bond donors (Lipinski definition) is 1. The van der Waals surface area contributed by atoms with E-state index in [0.29, 0.717) is 6.61 Å². The molecule has 0 unspecified atom stereocenters. The van der Waals surface area contributed by atoms with E-state index in [1.54, 1.807) is 0 Å². The van der Waals surface area contributed by atoms with Crippen LogP contribution in [0.3, 0.4) is 0 Å². The number of nitrogens with zero attached hydrogens (tertiary/aromatic N) is 1. The molecule has 0 amide bonds. The summed E-state index contributed by atoms with van der Waals surface area (Å²) in [6.45, 7) is 4.58. The molecule has 20 heavy (non-hydrogen) atoms. The lowest BCUT2D eigenvalue weighted by Crippen LogP contribution is -2.15. The lowest BCUT2D eigenvalue weighted by molar-refractivity contribution is 0.340. The number of benzene rings is 2. The summed E-state index contributed by atoms with van der Waals surface area (Å²) in [5.41, 5.74) is 5.18. The Hall–Kier alpha value is -2.16. The monoisotopic (exact) mass is 268 g/mol. The molecule has 1 aliphatic rings. The Labute approximate surface area is 120 Å². The van der Waals surface area contributed by atoms with Crippen LogP contribution in [0.2, 0.25) is 0 Å². The third-order valence-electron chi connectivity index (χ3n) is 3.76. The second kappa shape index (κ2) is 5.45. The maximum atomic E-state index is 5.75. The van der Waals surface area contributed by atoms with Crippen LogP contribution >= 0.6 is 0 Å². The third-order valence-corrected chi connectivity index (χ3v) is 3.76. The van der Waals surface area contributed by atoms with E-state index in [2.05, 4.69) is 40.5 Å². The lowest BCUT2D eigenvalue weighted by Gasteiger charge is -2.21. The van der Waals surface area contributed by atoms with Gasteiger partial charge in [0, 0.05) is 25.8 Å². The molecule has 2 aromatic carbocycles. The predicted octanol–water partition coefficient (Wildman–Crippen LogP) is 3.65. The number of para-hydroxylation sites is 2. The van der Waals surface area contributed by atoms with Crippen LogP contribution in [0.4, 0.5) is 11.4 Å². The van der Waals surface area contributed by atoms with Gasteiger partial charge < -0.3 is 15.0 Å². The normalized spacial score (nSPS) is 13.2. The van der Waals surface area contributed by atoms with E-state index in [-0.39, 0.29) is 0 Å². The molecule has 0 aliphatic carbocycles. The smallest absolute Gasteiger partial charge is 0.142 e. The highest BCUT2D eigenvalue weighted by molar-refractivity contribution is 5.65. The maximum Gasteiger partial charge on any atom is 0.142 e. The molecule has 0 bridgehead atoms. The molecular weight excluding hydrogens is 248 g/mol. The van der Waals surface area contributed by atoms with Gasteiger partial charge in [-0.15, -0.1) is 0 Å². The zero-order chi connectivity index (χ0) is 13.9. The van der Waals surface area contributed by atoms with Crippen LogP contribution in [0.1, 0.15) is 18.1 Å². The topological polar surface area (TPSA) is 24.5 Å². The van der Waals surface area contributed by atoms with Gasteiger partial charge in [-0.05, 0) is 36.2 Å². The second-order valence-electron chi connectivity index (χ2n) is 4.95. The fourth-order valence-corrected chi connectivity index (χ4v) is 2.82. The molecule has 0 spiro atoms. The predicted molar refractivity (Wildman–Crippen MR) is 83.5 cm³/mol. The largest absolute Gasteiger partial charge is 0.492 e. The lowest BCUT2D eigenvalue weighted by atomic mass is 10.1. The van der Waals surface area contributed by atoms with E-state index >= 15 is 0 Å². The molecular formula is C17H20N2O. The first kappa shape index (κ1) is 12.9. The molecule has 3 heteroatoms. The van der Waals surface area contributed by atoms with Crippen molar-refractivity contribution >= 4 is 11.4 Å². The van der Waals surface area contributed by atoms with Gasteiger partial charge in [-0.25, -0.2) is 0 Å².